The first-order chi connectivity index (χ1) is 11.6. The number of amides is 1. The van der Waals surface area contributed by atoms with Gasteiger partial charge in [-0.05, 0) is 55.3 Å². The normalized spacial score (nSPS) is 16.8. The van der Waals surface area contributed by atoms with Crippen molar-refractivity contribution in [3.8, 4) is 5.75 Å². The molecule has 1 atom stereocenters. The number of carbonyl (C=O) groups excluding carboxylic acids is 1. The molecule has 5 nitrogen and oxygen atoms in total. The number of nitrogens with one attached hydrogen (secondary N) is 1. The monoisotopic (exact) mass is 330 g/mol. The van der Waals surface area contributed by atoms with E-state index in [1.165, 1.54) is 18.2 Å². The van der Waals surface area contributed by atoms with Gasteiger partial charge in [0.1, 0.15) is 18.2 Å². The highest BCUT2D eigenvalue weighted by atomic mass is 19.1. The second kappa shape index (κ2) is 7.31. The minimum atomic E-state index is -0.461. The lowest BCUT2D eigenvalue weighted by Crippen LogP contribution is -2.16. The van der Waals surface area contributed by atoms with E-state index < -0.39 is 5.82 Å². The molecule has 1 aliphatic rings. The minimum absolute atomic E-state index is 0.143. The molecule has 0 aromatic heterocycles. The van der Waals surface area contributed by atoms with Gasteiger partial charge in [-0.2, -0.15) is 0 Å². The van der Waals surface area contributed by atoms with Crippen LogP contribution in [0.5, 0.6) is 5.75 Å². The maximum absolute atomic E-state index is 13.2. The predicted molar refractivity (Wildman–Crippen MR) is 89.7 cm³/mol. The van der Waals surface area contributed by atoms with Crippen LogP contribution in [0, 0.1) is 5.82 Å². The predicted octanol–water partition coefficient (Wildman–Crippen LogP) is 3.22. The molecule has 1 fully saturated rings. The third kappa shape index (κ3) is 4.02. The first-order valence-corrected chi connectivity index (χ1v) is 7.82. The number of nitrogen functional groups attached to an aromatic ring is 1. The van der Waals surface area contributed by atoms with Gasteiger partial charge in [-0.1, -0.05) is 0 Å². The number of rotatable bonds is 5. The zero-order chi connectivity index (χ0) is 16.9. The molecule has 0 saturated carbocycles. The molecule has 0 bridgehead atoms. The van der Waals surface area contributed by atoms with Crippen molar-refractivity contribution in [2.24, 2.45) is 0 Å². The van der Waals surface area contributed by atoms with Gasteiger partial charge in [-0.3, -0.25) is 4.79 Å². The van der Waals surface area contributed by atoms with Crippen molar-refractivity contribution < 1.29 is 18.7 Å². The van der Waals surface area contributed by atoms with Crippen LogP contribution in [0.3, 0.4) is 0 Å². The number of nitrogens with two attached hydrogens (primary N) is 1. The Kier molecular flexibility index (Phi) is 4.96. The molecular weight excluding hydrogens is 311 g/mol. The summed E-state index contributed by atoms with van der Waals surface area (Å²) in [6, 6.07) is 10.6. The molecule has 0 radical (unpaired) electrons. The Hall–Kier alpha value is -2.60. The molecule has 0 spiro atoms. The summed E-state index contributed by atoms with van der Waals surface area (Å²) >= 11 is 0. The SMILES string of the molecule is Nc1ccc(F)cc1NC(=O)c1ccc(OCC2CCCO2)cc1. The molecule has 2 aromatic carbocycles. The number of carbonyl (C=O) groups is 1. The van der Waals surface area contributed by atoms with Crippen LogP contribution in [0.4, 0.5) is 15.8 Å². The maximum atomic E-state index is 13.2. The molecule has 1 amide bonds. The summed E-state index contributed by atoms with van der Waals surface area (Å²) in [5.74, 6) is -0.150. The van der Waals surface area contributed by atoms with E-state index in [1.807, 2.05) is 0 Å². The Morgan fingerprint density at radius 1 is 1.29 bits per heavy atom. The molecule has 1 aliphatic heterocycles. The van der Waals surface area contributed by atoms with Crippen molar-refractivity contribution in [3.05, 3.63) is 53.8 Å². The molecular formula is C18H19FN2O3. The molecule has 126 valence electrons. The van der Waals surface area contributed by atoms with E-state index in [-0.39, 0.29) is 17.7 Å². The summed E-state index contributed by atoms with van der Waals surface area (Å²) in [6.07, 6.45) is 2.22. The molecule has 1 heterocycles. The Bertz CT molecular complexity index is 713. The first-order valence-electron chi connectivity index (χ1n) is 7.82. The van der Waals surface area contributed by atoms with Gasteiger partial charge < -0.3 is 20.5 Å². The first kappa shape index (κ1) is 16.3. The molecule has 3 N–H and O–H groups in total. The van der Waals surface area contributed by atoms with Gasteiger partial charge in [0.2, 0.25) is 0 Å². The van der Waals surface area contributed by atoms with Gasteiger partial charge in [0.25, 0.3) is 5.91 Å². The van der Waals surface area contributed by atoms with Gasteiger partial charge in [-0.15, -0.1) is 0 Å². The van der Waals surface area contributed by atoms with Crippen LogP contribution in [0.2, 0.25) is 0 Å². The van der Waals surface area contributed by atoms with Gasteiger partial charge in [0.15, 0.2) is 0 Å². The van der Waals surface area contributed by atoms with Crippen LogP contribution in [-0.4, -0.2) is 25.2 Å². The van der Waals surface area contributed by atoms with Gasteiger partial charge in [0, 0.05) is 12.2 Å². The quantitative estimate of drug-likeness (QED) is 0.826. The van der Waals surface area contributed by atoms with Crippen molar-refractivity contribution in [1.82, 2.24) is 0 Å². The van der Waals surface area contributed by atoms with Gasteiger partial charge in [0.05, 0.1) is 17.5 Å². The summed E-state index contributed by atoms with van der Waals surface area (Å²) in [4.78, 5) is 12.2. The van der Waals surface area contributed by atoms with Crippen molar-refractivity contribution >= 4 is 17.3 Å². The van der Waals surface area contributed by atoms with E-state index >= 15 is 0 Å². The molecule has 1 saturated heterocycles. The molecule has 24 heavy (non-hydrogen) atoms. The van der Waals surface area contributed by atoms with Crippen LogP contribution in [-0.2, 0) is 4.74 Å². The van der Waals surface area contributed by atoms with Crippen LogP contribution in [0.15, 0.2) is 42.5 Å². The molecule has 0 aliphatic carbocycles. The van der Waals surface area contributed by atoms with E-state index in [1.54, 1.807) is 24.3 Å². The standard InChI is InChI=1S/C18H19FN2O3/c19-13-5-8-16(20)17(10-13)21-18(22)12-3-6-14(7-4-12)24-11-15-2-1-9-23-15/h3-8,10,15H,1-2,9,11,20H2,(H,21,22). The lowest BCUT2D eigenvalue weighted by molar-refractivity contribution is 0.0679. The lowest BCUT2D eigenvalue weighted by atomic mass is 10.2. The summed E-state index contributed by atoms with van der Waals surface area (Å²) in [6.45, 7) is 1.29. The van der Waals surface area contributed by atoms with E-state index in [0.717, 1.165) is 19.4 Å². The number of hydrogen-bond donors (Lipinski definition) is 2. The Morgan fingerprint density at radius 3 is 2.79 bits per heavy atom. The lowest BCUT2D eigenvalue weighted by Gasteiger charge is -2.12. The highest BCUT2D eigenvalue weighted by molar-refractivity contribution is 6.05. The fraction of sp³-hybridized carbons (Fsp3) is 0.278. The molecule has 2 aromatic rings. The number of benzene rings is 2. The third-order valence-corrected chi connectivity index (χ3v) is 3.84. The third-order valence-electron chi connectivity index (χ3n) is 3.84. The fourth-order valence-electron chi connectivity index (χ4n) is 2.50. The number of anilines is 2. The van der Waals surface area contributed by atoms with Crippen LogP contribution in [0.1, 0.15) is 23.2 Å². The van der Waals surface area contributed by atoms with Crippen molar-refractivity contribution in [2.45, 2.75) is 18.9 Å². The summed E-state index contributed by atoms with van der Waals surface area (Å²) in [5, 5.41) is 2.60. The second-order valence-corrected chi connectivity index (χ2v) is 5.66. The number of halogens is 1. The van der Waals surface area contributed by atoms with E-state index in [2.05, 4.69) is 5.32 Å². The maximum Gasteiger partial charge on any atom is 0.255 e. The highest BCUT2D eigenvalue weighted by Gasteiger charge is 2.16. The summed E-state index contributed by atoms with van der Waals surface area (Å²) < 4.78 is 24.4. The number of hydrogen-bond acceptors (Lipinski definition) is 4. The Labute approximate surface area is 139 Å². The zero-order valence-electron chi connectivity index (χ0n) is 13.1. The van der Waals surface area contributed by atoms with Crippen molar-refractivity contribution in [2.75, 3.05) is 24.3 Å². The number of ether oxygens (including phenoxy) is 2. The van der Waals surface area contributed by atoms with E-state index in [0.29, 0.717) is 23.6 Å². The molecule has 1 unspecified atom stereocenters. The van der Waals surface area contributed by atoms with Crippen LogP contribution < -0.4 is 15.8 Å². The smallest absolute Gasteiger partial charge is 0.255 e. The largest absolute Gasteiger partial charge is 0.491 e. The zero-order valence-corrected chi connectivity index (χ0v) is 13.1. The van der Waals surface area contributed by atoms with Crippen molar-refractivity contribution in [3.63, 3.8) is 0 Å². The van der Waals surface area contributed by atoms with Gasteiger partial charge in [-0.25, -0.2) is 4.39 Å². The topological polar surface area (TPSA) is 73.6 Å². The van der Waals surface area contributed by atoms with E-state index in [4.69, 9.17) is 15.2 Å². The molecule has 3 rings (SSSR count). The Morgan fingerprint density at radius 2 is 2.08 bits per heavy atom. The average Bonchev–Trinajstić information content (AvgIpc) is 3.10. The van der Waals surface area contributed by atoms with Gasteiger partial charge >= 0.3 is 0 Å². The average molecular weight is 330 g/mol. The van der Waals surface area contributed by atoms with Crippen LogP contribution >= 0.6 is 0 Å². The second-order valence-electron chi connectivity index (χ2n) is 5.66. The highest BCUT2D eigenvalue weighted by Crippen LogP contribution is 2.21. The fourth-order valence-corrected chi connectivity index (χ4v) is 2.50. The van der Waals surface area contributed by atoms with Crippen LogP contribution in [0.25, 0.3) is 0 Å². The Balaban J connectivity index is 1.59. The molecule has 6 heteroatoms. The van der Waals surface area contributed by atoms with E-state index in [9.17, 15) is 9.18 Å². The minimum Gasteiger partial charge on any atom is -0.491 e. The van der Waals surface area contributed by atoms with Crippen molar-refractivity contribution in [1.29, 1.82) is 0 Å². The summed E-state index contributed by atoms with van der Waals surface area (Å²) in [7, 11) is 0. The summed E-state index contributed by atoms with van der Waals surface area (Å²) in [5.41, 5.74) is 6.71.